The third kappa shape index (κ3) is 10.4. The van der Waals surface area contributed by atoms with E-state index in [4.69, 9.17) is 18.6 Å². The van der Waals surface area contributed by atoms with Gasteiger partial charge in [0.15, 0.2) is 20.4 Å². The van der Waals surface area contributed by atoms with E-state index in [9.17, 15) is 24.3 Å². The lowest BCUT2D eigenvalue weighted by Crippen LogP contribution is -2.52. The molecule has 0 bridgehead atoms. The van der Waals surface area contributed by atoms with Crippen LogP contribution in [-0.2, 0) is 33.0 Å². The normalized spacial score (nSPS) is 23.4. The van der Waals surface area contributed by atoms with E-state index < -0.39 is 61.8 Å². The summed E-state index contributed by atoms with van der Waals surface area (Å²) in [6.45, 7) is 22.1. The molecule has 2 rings (SSSR count). The number of rotatable bonds is 4. The highest BCUT2D eigenvalue weighted by Gasteiger charge is 2.49. The maximum absolute atomic E-state index is 12.5. The first-order valence-electron chi connectivity index (χ1n) is 14.0. The second kappa shape index (κ2) is 13.7. The summed E-state index contributed by atoms with van der Waals surface area (Å²) >= 11 is 0. The average molecular weight is 605 g/mol. The van der Waals surface area contributed by atoms with E-state index in [0.717, 1.165) is 0 Å². The lowest BCUT2D eigenvalue weighted by Gasteiger charge is -2.39. The van der Waals surface area contributed by atoms with Crippen LogP contribution in [0.1, 0.15) is 75.2 Å². The molecule has 238 valence electrons. The Morgan fingerprint density at radius 2 is 1.10 bits per heavy atom. The van der Waals surface area contributed by atoms with Crippen molar-refractivity contribution in [3.05, 3.63) is 0 Å². The number of hydrogen-bond acceptors (Lipinski definition) is 10. The summed E-state index contributed by atoms with van der Waals surface area (Å²) in [7, 11) is 0.485. The van der Waals surface area contributed by atoms with E-state index in [1.165, 1.54) is 24.0 Å². The zero-order valence-corrected chi connectivity index (χ0v) is 28.2. The summed E-state index contributed by atoms with van der Waals surface area (Å²) in [5.41, 5.74) is -1.25. The van der Waals surface area contributed by atoms with Gasteiger partial charge in [0.1, 0.15) is 11.2 Å². The molecule has 0 unspecified atom stereocenters. The molecule has 0 aromatic heterocycles. The molecule has 2 aliphatic rings. The lowest BCUT2D eigenvalue weighted by atomic mass is 10.2. The van der Waals surface area contributed by atoms with Gasteiger partial charge in [0.25, 0.3) is 0 Å². The van der Waals surface area contributed by atoms with Crippen LogP contribution in [0.3, 0.4) is 0 Å². The number of aliphatic hydroxyl groups is 1. The molecule has 13 heteroatoms. The molecule has 2 amide bonds. The first-order chi connectivity index (χ1) is 18.5. The molecule has 2 heterocycles. The Kier molecular flexibility index (Phi) is 12.3. The number of carbonyl (C=O) groups is 4. The Balaban J connectivity index is 0.000000435. The molecular formula is C28H52N2O10Si. The van der Waals surface area contributed by atoms with Gasteiger partial charge in [0.05, 0.1) is 26.4 Å². The molecule has 0 spiro atoms. The lowest BCUT2D eigenvalue weighted by molar-refractivity contribution is -0.149. The maximum atomic E-state index is 12.5. The molecule has 0 radical (unpaired) electrons. The van der Waals surface area contributed by atoms with Gasteiger partial charge >= 0.3 is 24.1 Å². The number of aliphatic hydroxyl groups excluding tert-OH is 1. The fraction of sp³-hybridized carbons (Fsp3) is 0.857. The topological polar surface area (TPSA) is 141 Å². The van der Waals surface area contributed by atoms with Crippen LogP contribution in [0, 0.1) is 0 Å². The third-order valence-corrected chi connectivity index (χ3v) is 11.6. The van der Waals surface area contributed by atoms with Gasteiger partial charge in [-0.15, -0.1) is 0 Å². The van der Waals surface area contributed by atoms with Gasteiger partial charge in [-0.3, -0.25) is 9.80 Å². The number of esters is 2. The number of likely N-dealkylation sites (tertiary alicyclic amines) is 2. The van der Waals surface area contributed by atoms with Crippen molar-refractivity contribution in [3.8, 4) is 0 Å². The quantitative estimate of drug-likeness (QED) is 0.283. The molecule has 12 nitrogen and oxygen atoms in total. The van der Waals surface area contributed by atoms with Gasteiger partial charge in [-0.25, -0.2) is 19.2 Å². The summed E-state index contributed by atoms with van der Waals surface area (Å²) in [4.78, 5) is 50.7. The van der Waals surface area contributed by atoms with Crippen molar-refractivity contribution in [2.45, 2.75) is 129 Å². The van der Waals surface area contributed by atoms with Crippen LogP contribution >= 0.6 is 0 Å². The van der Waals surface area contributed by atoms with Gasteiger partial charge in [0, 0.05) is 13.1 Å². The molecule has 4 atom stereocenters. The van der Waals surface area contributed by atoms with Crippen LogP contribution < -0.4 is 0 Å². The van der Waals surface area contributed by atoms with Crippen molar-refractivity contribution in [1.82, 2.24) is 9.80 Å². The highest BCUT2D eigenvalue weighted by Crippen LogP contribution is 2.39. The molecule has 0 saturated carbocycles. The molecular weight excluding hydrogens is 552 g/mol. The van der Waals surface area contributed by atoms with Crippen LogP contribution in [0.25, 0.3) is 0 Å². The third-order valence-electron chi connectivity index (χ3n) is 7.10. The highest BCUT2D eigenvalue weighted by atomic mass is 28.4. The average Bonchev–Trinajstić information content (AvgIpc) is 3.38. The molecule has 0 aromatic carbocycles. The fourth-order valence-electron chi connectivity index (χ4n) is 4.07. The van der Waals surface area contributed by atoms with E-state index in [0.29, 0.717) is 19.4 Å². The smallest absolute Gasteiger partial charge is 0.411 e. The Bertz CT molecular complexity index is 936. The number of nitrogens with zero attached hydrogens (tertiary/aromatic N) is 2. The van der Waals surface area contributed by atoms with E-state index in [1.54, 1.807) is 41.5 Å². The first kappa shape index (κ1) is 36.6. The first-order valence-corrected chi connectivity index (χ1v) is 16.9. The molecule has 2 aliphatic heterocycles. The van der Waals surface area contributed by atoms with Crippen molar-refractivity contribution in [2.24, 2.45) is 0 Å². The number of ether oxygens (including phenoxy) is 4. The Labute approximate surface area is 246 Å². The standard InChI is InChI=1S/C17H33NO5Si.C11H19NO5/c1-16(2,3)22-15(20)18-11-10-12(13(18)14(19)21-7)23-24(8,9)17(4,5)6;1-11(2,3)17-10(15)12-6-5-7(13)8(12)9(14)16-4/h12-13H,10-11H2,1-9H3;7-8,13H,5-6H2,1-4H3/t12-,13-;7-,8-/m00/s1. The zero-order chi connectivity index (χ0) is 32.1. The van der Waals surface area contributed by atoms with Gasteiger partial charge in [-0.1, -0.05) is 20.8 Å². The number of hydrogen-bond donors (Lipinski definition) is 1. The second-order valence-corrected chi connectivity index (χ2v) is 18.6. The van der Waals surface area contributed by atoms with Crippen LogP contribution in [0.2, 0.25) is 18.1 Å². The molecule has 0 aromatic rings. The van der Waals surface area contributed by atoms with E-state index in [-0.39, 0.29) is 17.7 Å². The van der Waals surface area contributed by atoms with Gasteiger partial charge < -0.3 is 28.5 Å². The zero-order valence-electron chi connectivity index (χ0n) is 27.2. The minimum Gasteiger partial charge on any atom is -0.467 e. The van der Waals surface area contributed by atoms with Crippen molar-refractivity contribution in [3.63, 3.8) is 0 Å². The molecule has 2 fully saturated rings. The highest BCUT2D eigenvalue weighted by molar-refractivity contribution is 6.74. The van der Waals surface area contributed by atoms with Crippen molar-refractivity contribution in [1.29, 1.82) is 0 Å². The maximum Gasteiger partial charge on any atom is 0.411 e. The van der Waals surface area contributed by atoms with Crippen LogP contribution in [-0.4, -0.2) is 110 Å². The monoisotopic (exact) mass is 604 g/mol. The van der Waals surface area contributed by atoms with Gasteiger partial charge in [-0.05, 0) is 72.5 Å². The minimum atomic E-state index is -2.07. The second-order valence-electron chi connectivity index (χ2n) is 13.8. The van der Waals surface area contributed by atoms with Crippen LogP contribution in [0.4, 0.5) is 9.59 Å². The Hall–Kier alpha value is -2.38. The van der Waals surface area contributed by atoms with Gasteiger partial charge in [0.2, 0.25) is 0 Å². The Morgan fingerprint density at radius 3 is 1.49 bits per heavy atom. The summed E-state index contributed by atoms with van der Waals surface area (Å²) in [6, 6.07) is -1.71. The molecule has 1 N–H and O–H groups in total. The van der Waals surface area contributed by atoms with Crippen LogP contribution in [0.5, 0.6) is 0 Å². The summed E-state index contributed by atoms with van der Waals surface area (Å²) in [5.74, 6) is -1.08. The summed E-state index contributed by atoms with van der Waals surface area (Å²) < 4.78 is 26.5. The summed E-state index contributed by atoms with van der Waals surface area (Å²) in [5, 5.41) is 9.68. The molecule has 0 aliphatic carbocycles. The number of amides is 2. The van der Waals surface area contributed by atoms with E-state index in [2.05, 4.69) is 38.6 Å². The van der Waals surface area contributed by atoms with E-state index in [1.807, 2.05) is 0 Å². The SMILES string of the molecule is COC(=O)[C@@H]1[C@@H](O)CCN1C(=O)OC(C)(C)C.COC(=O)[C@@H]1[C@@H](O[Si](C)(C)C(C)(C)C)CCN1C(=O)OC(C)(C)C. The molecule has 2 saturated heterocycles. The van der Waals surface area contributed by atoms with Crippen molar-refractivity contribution >= 4 is 32.4 Å². The fourth-order valence-corrected chi connectivity index (χ4v) is 5.43. The predicted molar refractivity (Wildman–Crippen MR) is 155 cm³/mol. The number of carbonyl (C=O) groups excluding carboxylic acids is 4. The Morgan fingerprint density at radius 1 is 0.707 bits per heavy atom. The predicted octanol–water partition coefficient (Wildman–Crippen LogP) is 4.09. The van der Waals surface area contributed by atoms with E-state index >= 15 is 0 Å². The van der Waals surface area contributed by atoms with Gasteiger partial charge in [-0.2, -0.15) is 0 Å². The molecule has 41 heavy (non-hydrogen) atoms. The number of methoxy groups -OCH3 is 2. The van der Waals surface area contributed by atoms with Crippen molar-refractivity contribution in [2.75, 3.05) is 27.3 Å². The summed E-state index contributed by atoms with van der Waals surface area (Å²) in [6.07, 6.45) is -1.41. The largest absolute Gasteiger partial charge is 0.467 e. The van der Waals surface area contributed by atoms with Crippen LogP contribution in [0.15, 0.2) is 0 Å². The van der Waals surface area contributed by atoms with Crippen molar-refractivity contribution < 1.29 is 47.7 Å². The minimum absolute atomic E-state index is 0.0208.